The van der Waals surface area contributed by atoms with Gasteiger partial charge in [-0.25, -0.2) is 0 Å². The van der Waals surface area contributed by atoms with Gasteiger partial charge in [-0.1, -0.05) is 13.8 Å². The highest BCUT2D eigenvalue weighted by Gasteiger charge is 2.27. The van der Waals surface area contributed by atoms with Gasteiger partial charge in [0.2, 0.25) is 0 Å². The van der Waals surface area contributed by atoms with Crippen LogP contribution in [0.1, 0.15) is 39.5 Å². The normalized spacial score (nSPS) is 30.7. The summed E-state index contributed by atoms with van der Waals surface area (Å²) in [6.07, 6.45) is 5.23. The van der Waals surface area contributed by atoms with E-state index >= 15 is 0 Å². The van der Waals surface area contributed by atoms with Crippen LogP contribution in [0.3, 0.4) is 0 Å². The fourth-order valence-corrected chi connectivity index (χ4v) is 2.64. The van der Waals surface area contributed by atoms with Crippen molar-refractivity contribution >= 4 is 0 Å². The summed E-state index contributed by atoms with van der Waals surface area (Å²) < 4.78 is 0. The third kappa shape index (κ3) is 2.68. The molecule has 78 valence electrons. The molecule has 0 unspecified atom stereocenters. The van der Waals surface area contributed by atoms with Crippen molar-refractivity contribution in [2.24, 2.45) is 11.7 Å². The quantitative estimate of drug-likeness (QED) is 0.722. The molecule has 2 nitrogen and oxygen atoms in total. The van der Waals surface area contributed by atoms with E-state index in [1.165, 1.54) is 38.8 Å². The molecule has 0 saturated carbocycles. The zero-order chi connectivity index (χ0) is 9.68. The van der Waals surface area contributed by atoms with E-state index in [4.69, 9.17) is 5.73 Å². The highest BCUT2D eigenvalue weighted by atomic mass is 15.2. The molecule has 1 fully saturated rings. The van der Waals surface area contributed by atoms with Gasteiger partial charge in [0.1, 0.15) is 0 Å². The fraction of sp³-hybridized carbons (Fsp3) is 1.00. The monoisotopic (exact) mass is 184 g/mol. The first kappa shape index (κ1) is 11.0. The lowest BCUT2D eigenvalue weighted by atomic mass is 9.87. The molecule has 0 bridgehead atoms. The van der Waals surface area contributed by atoms with Crippen LogP contribution < -0.4 is 5.73 Å². The minimum atomic E-state index is 0.755. The lowest BCUT2D eigenvalue weighted by Gasteiger charge is -2.40. The molecule has 0 aromatic rings. The van der Waals surface area contributed by atoms with Crippen LogP contribution in [0.5, 0.6) is 0 Å². The standard InChI is InChI=1S/C11H24N2/c1-3-7-13-8-5-6-10(9-12)11(13)4-2/h10-11H,3-9,12H2,1-2H3/t10-,11-/m1/s1. The van der Waals surface area contributed by atoms with Crippen LogP contribution in [0.15, 0.2) is 0 Å². The van der Waals surface area contributed by atoms with Crippen molar-refractivity contribution in [2.75, 3.05) is 19.6 Å². The molecule has 13 heavy (non-hydrogen) atoms. The Morgan fingerprint density at radius 3 is 2.69 bits per heavy atom. The van der Waals surface area contributed by atoms with Gasteiger partial charge < -0.3 is 10.6 Å². The maximum absolute atomic E-state index is 5.80. The first-order valence-corrected chi connectivity index (χ1v) is 5.77. The third-order valence-electron chi connectivity index (χ3n) is 3.27. The SMILES string of the molecule is CCCN1CCC[C@H](CN)[C@H]1CC. The second-order valence-corrected chi connectivity index (χ2v) is 4.15. The average Bonchev–Trinajstić information content (AvgIpc) is 2.18. The van der Waals surface area contributed by atoms with E-state index in [0.717, 1.165) is 18.5 Å². The fourth-order valence-electron chi connectivity index (χ4n) is 2.64. The Morgan fingerprint density at radius 2 is 2.15 bits per heavy atom. The summed E-state index contributed by atoms with van der Waals surface area (Å²) in [6, 6.07) is 0.763. The highest BCUT2D eigenvalue weighted by molar-refractivity contribution is 4.83. The largest absolute Gasteiger partial charge is 0.330 e. The van der Waals surface area contributed by atoms with Crippen molar-refractivity contribution < 1.29 is 0 Å². The van der Waals surface area contributed by atoms with Crippen LogP contribution >= 0.6 is 0 Å². The van der Waals surface area contributed by atoms with Crippen LogP contribution in [0.25, 0.3) is 0 Å². The number of hydrogen-bond donors (Lipinski definition) is 1. The van der Waals surface area contributed by atoms with Gasteiger partial charge in [-0.05, 0) is 51.2 Å². The molecule has 2 N–H and O–H groups in total. The molecule has 0 aromatic heterocycles. The smallest absolute Gasteiger partial charge is 0.0133 e. The van der Waals surface area contributed by atoms with Crippen LogP contribution in [0, 0.1) is 5.92 Å². The second-order valence-electron chi connectivity index (χ2n) is 4.15. The maximum atomic E-state index is 5.80. The van der Waals surface area contributed by atoms with Gasteiger partial charge in [0.05, 0.1) is 0 Å². The summed E-state index contributed by atoms with van der Waals surface area (Å²) in [6.45, 7) is 7.98. The number of nitrogens with zero attached hydrogens (tertiary/aromatic N) is 1. The summed E-state index contributed by atoms with van der Waals surface area (Å²) in [7, 11) is 0. The first-order chi connectivity index (χ1) is 6.33. The third-order valence-corrected chi connectivity index (χ3v) is 3.27. The van der Waals surface area contributed by atoms with E-state index in [-0.39, 0.29) is 0 Å². The maximum Gasteiger partial charge on any atom is 0.0133 e. The Hall–Kier alpha value is -0.0800. The van der Waals surface area contributed by atoms with Gasteiger partial charge in [-0.2, -0.15) is 0 Å². The van der Waals surface area contributed by atoms with Gasteiger partial charge in [-0.3, -0.25) is 0 Å². The van der Waals surface area contributed by atoms with Crippen molar-refractivity contribution in [1.82, 2.24) is 4.90 Å². The van der Waals surface area contributed by atoms with Gasteiger partial charge in [-0.15, -0.1) is 0 Å². The van der Waals surface area contributed by atoms with Gasteiger partial charge in [0.15, 0.2) is 0 Å². The average molecular weight is 184 g/mol. The molecule has 0 spiro atoms. The Morgan fingerprint density at radius 1 is 1.38 bits per heavy atom. The van der Waals surface area contributed by atoms with Crippen LogP contribution in [0.4, 0.5) is 0 Å². The van der Waals surface area contributed by atoms with Gasteiger partial charge >= 0.3 is 0 Å². The van der Waals surface area contributed by atoms with Crippen LogP contribution in [-0.2, 0) is 0 Å². The van der Waals surface area contributed by atoms with Crippen molar-refractivity contribution in [3.63, 3.8) is 0 Å². The Labute approximate surface area is 82.5 Å². The topological polar surface area (TPSA) is 29.3 Å². The first-order valence-electron chi connectivity index (χ1n) is 5.77. The Bertz CT molecular complexity index is 134. The lowest BCUT2D eigenvalue weighted by molar-refractivity contribution is 0.0930. The highest BCUT2D eigenvalue weighted by Crippen LogP contribution is 2.24. The molecule has 1 saturated heterocycles. The van der Waals surface area contributed by atoms with Crippen molar-refractivity contribution in [3.05, 3.63) is 0 Å². The Kier molecular flexibility index (Phi) is 4.74. The van der Waals surface area contributed by atoms with Gasteiger partial charge in [0.25, 0.3) is 0 Å². The van der Waals surface area contributed by atoms with Crippen molar-refractivity contribution in [3.8, 4) is 0 Å². The predicted molar refractivity (Wildman–Crippen MR) is 57.7 cm³/mol. The van der Waals surface area contributed by atoms with Crippen molar-refractivity contribution in [2.45, 2.75) is 45.6 Å². The molecular formula is C11H24N2. The zero-order valence-corrected chi connectivity index (χ0v) is 9.13. The summed E-state index contributed by atoms with van der Waals surface area (Å²) in [4.78, 5) is 2.64. The molecule has 2 atom stereocenters. The van der Waals surface area contributed by atoms with Crippen LogP contribution in [-0.4, -0.2) is 30.6 Å². The lowest BCUT2D eigenvalue weighted by Crippen LogP contribution is -2.47. The summed E-state index contributed by atoms with van der Waals surface area (Å²) in [5, 5.41) is 0. The zero-order valence-electron chi connectivity index (χ0n) is 9.13. The molecule has 0 radical (unpaired) electrons. The number of hydrogen-bond acceptors (Lipinski definition) is 2. The molecule has 0 aromatic carbocycles. The predicted octanol–water partition coefficient (Wildman–Crippen LogP) is 1.85. The van der Waals surface area contributed by atoms with E-state index in [1.54, 1.807) is 0 Å². The minimum absolute atomic E-state index is 0.755. The van der Waals surface area contributed by atoms with E-state index in [9.17, 15) is 0 Å². The molecule has 0 amide bonds. The van der Waals surface area contributed by atoms with E-state index in [0.29, 0.717) is 0 Å². The summed E-state index contributed by atoms with van der Waals surface area (Å²) in [5.41, 5.74) is 5.80. The molecule has 1 aliphatic heterocycles. The molecule has 1 rings (SSSR count). The number of piperidine rings is 1. The second kappa shape index (κ2) is 5.61. The molecular weight excluding hydrogens is 160 g/mol. The van der Waals surface area contributed by atoms with Crippen LogP contribution in [0.2, 0.25) is 0 Å². The van der Waals surface area contributed by atoms with Gasteiger partial charge in [0, 0.05) is 6.04 Å². The van der Waals surface area contributed by atoms with E-state index in [1.807, 2.05) is 0 Å². The van der Waals surface area contributed by atoms with Crippen molar-refractivity contribution in [1.29, 1.82) is 0 Å². The molecule has 0 aliphatic carbocycles. The molecule has 1 heterocycles. The number of likely N-dealkylation sites (tertiary alicyclic amines) is 1. The van der Waals surface area contributed by atoms with E-state index in [2.05, 4.69) is 18.7 Å². The summed E-state index contributed by atoms with van der Waals surface area (Å²) >= 11 is 0. The van der Waals surface area contributed by atoms with E-state index < -0.39 is 0 Å². The molecule has 1 aliphatic rings. The number of rotatable bonds is 4. The molecule has 2 heteroatoms. The summed E-state index contributed by atoms with van der Waals surface area (Å²) in [5.74, 6) is 0.755. The minimum Gasteiger partial charge on any atom is -0.330 e. The Balaban J connectivity index is 2.50. The number of nitrogens with two attached hydrogens (primary N) is 1.